The summed E-state index contributed by atoms with van der Waals surface area (Å²) in [5.74, 6) is 0. The van der Waals surface area contributed by atoms with Gasteiger partial charge in [0.2, 0.25) is 0 Å². The summed E-state index contributed by atoms with van der Waals surface area (Å²) in [5, 5.41) is 0. The van der Waals surface area contributed by atoms with Crippen LogP contribution in [0.4, 0.5) is 0 Å². The highest BCUT2D eigenvalue weighted by Crippen LogP contribution is 2.11. The Hall–Kier alpha value is -0.120. The van der Waals surface area contributed by atoms with Crippen LogP contribution in [0.2, 0.25) is 0 Å². The van der Waals surface area contributed by atoms with E-state index in [-0.39, 0.29) is 0 Å². The van der Waals surface area contributed by atoms with Crippen LogP contribution in [0, 0.1) is 0 Å². The van der Waals surface area contributed by atoms with Gasteiger partial charge in [-0.25, -0.2) is 0 Å². The molecule has 1 unspecified atom stereocenters. The quantitative estimate of drug-likeness (QED) is 0.654. The summed E-state index contributed by atoms with van der Waals surface area (Å²) in [5.41, 5.74) is 5.84. The number of ether oxygens (including phenoxy) is 1. The summed E-state index contributed by atoms with van der Waals surface area (Å²) in [7, 11) is 0. The zero-order chi connectivity index (χ0) is 10.9. The number of nitrogens with zero attached hydrogens (tertiary/aromatic N) is 1. The summed E-state index contributed by atoms with van der Waals surface area (Å²) in [4.78, 5) is 2.50. The molecule has 2 N–H and O–H groups in total. The minimum absolute atomic E-state index is 0.589. The number of nitrogens with two attached hydrogens (primary N) is 1. The van der Waals surface area contributed by atoms with Gasteiger partial charge in [0.05, 0.1) is 13.2 Å². The van der Waals surface area contributed by atoms with Crippen LogP contribution in [0.1, 0.15) is 39.0 Å². The van der Waals surface area contributed by atoms with Gasteiger partial charge in [0, 0.05) is 25.7 Å². The van der Waals surface area contributed by atoms with Crippen molar-refractivity contribution < 1.29 is 4.74 Å². The Morgan fingerprint density at radius 2 is 1.93 bits per heavy atom. The van der Waals surface area contributed by atoms with Crippen molar-refractivity contribution in [3.05, 3.63) is 0 Å². The molecular weight excluding hydrogens is 188 g/mol. The van der Waals surface area contributed by atoms with Crippen LogP contribution >= 0.6 is 0 Å². The summed E-state index contributed by atoms with van der Waals surface area (Å²) in [6.07, 6.45) is 6.62. The minimum Gasteiger partial charge on any atom is -0.379 e. The Morgan fingerprint density at radius 1 is 1.20 bits per heavy atom. The molecule has 1 aliphatic heterocycles. The van der Waals surface area contributed by atoms with Crippen LogP contribution in [0.15, 0.2) is 0 Å². The van der Waals surface area contributed by atoms with Gasteiger partial charge in [-0.2, -0.15) is 0 Å². The molecule has 0 saturated carbocycles. The van der Waals surface area contributed by atoms with Crippen molar-refractivity contribution in [2.75, 3.05) is 32.8 Å². The van der Waals surface area contributed by atoms with Crippen LogP contribution in [0.5, 0.6) is 0 Å². The summed E-state index contributed by atoms with van der Waals surface area (Å²) in [6, 6.07) is 0.589. The highest BCUT2D eigenvalue weighted by atomic mass is 16.5. The first-order valence-corrected chi connectivity index (χ1v) is 6.40. The molecule has 0 aliphatic carbocycles. The van der Waals surface area contributed by atoms with Crippen molar-refractivity contribution in [3.63, 3.8) is 0 Å². The molecule has 1 saturated heterocycles. The summed E-state index contributed by atoms with van der Waals surface area (Å²) in [6.45, 7) is 6.94. The molecule has 1 atom stereocenters. The molecular formula is C12H26N2O. The van der Waals surface area contributed by atoms with E-state index in [9.17, 15) is 0 Å². The Kier molecular flexibility index (Phi) is 6.98. The molecule has 0 radical (unpaired) electrons. The lowest BCUT2D eigenvalue weighted by Gasteiger charge is -2.33. The average Bonchev–Trinajstić information content (AvgIpc) is 2.30. The summed E-state index contributed by atoms with van der Waals surface area (Å²) >= 11 is 0. The third-order valence-corrected chi connectivity index (χ3v) is 3.23. The second kappa shape index (κ2) is 8.08. The van der Waals surface area contributed by atoms with Gasteiger partial charge in [-0.1, -0.05) is 32.6 Å². The lowest BCUT2D eigenvalue weighted by molar-refractivity contribution is 0.0161. The molecule has 90 valence electrons. The first-order valence-electron chi connectivity index (χ1n) is 6.40. The van der Waals surface area contributed by atoms with Gasteiger partial charge in [0.1, 0.15) is 0 Å². The monoisotopic (exact) mass is 214 g/mol. The lowest BCUT2D eigenvalue weighted by Crippen LogP contribution is -2.46. The van der Waals surface area contributed by atoms with Gasteiger partial charge in [-0.15, -0.1) is 0 Å². The van der Waals surface area contributed by atoms with Gasteiger partial charge in [0.25, 0.3) is 0 Å². The van der Waals surface area contributed by atoms with Crippen molar-refractivity contribution >= 4 is 0 Å². The molecule has 0 bridgehead atoms. The second-order valence-corrected chi connectivity index (χ2v) is 4.39. The predicted molar refractivity (Wildman–Crippen MR) is 64.0 cm³/mol. The van der Waals surface area contributed by atoms with Crippen molar-refractivity contribution in [3.8, 4) is 0 Å². The van der Waals surface area contributed by atoms with E-state index in [0.717, 1.165) is 32.8 Å². The Labute approximate surface area is 94.0 Å². The number of hydrogen-bond donors (Lipinski definition) is 1. The zero-order valence-corrected chi connectivity index (χ0v) is 10.1. The fraction of sp³-hybridized carbons (Fsp3) is 1.00. The van der Waals surface area contributed by atoms with Crippen molar-refractivity contribution in [2.24, 2.45) is 5.73 Å². The Bertz CT molecular complexity index is 147. The molecule has 1 aliphatic rings. The zero-order valence-electron chi connectivity index (χ0n) is 10.1. The van der Waals surface area contributed by atoms with E-state index in [1.165, 1.54) is 32.1 Å². The first kappa shape index (κ1) is 12.9. The standard InChI is InChI=1S/C12H26N2O/c1-2-3-4-5-6-12(11-13)14-7-9-15-10-8-14/h12H,2-11,13H2,1H3. The van der Waals surface area contributed by atoms with Crippen molar-refractivity contribution in [1.29, 1.82) is 0 Å². The molecule has 3 heteroatoms. The fourth-order valence-corrected chi connectivity index (χ4v) is 2.20. The van der Waals surface area contributed by atoms with Crippen molar-refractivity contribution in [2.45, 2.75) is 45.1 Å². The molecule has 0 amide bonds. The smallest absolute Gasteiger partial charge is 0.0594 e. The van der Waals surface area contributed by atoms with Gasteiger partial charge in [-0.3, -0.25) is 4.90 Å². The highest BCUT2D eigenvalue weighted by Gasteiger charge is 2.18. The number of hydrogen-bond acceptors (Lipinski definition) is 3. The largest absolute Gasteiger partial charge is 0.379 e. The van der Waals surface area contributed by atoms with E-state index < -0.39 is 0 Å². The molecule has 15 heavy (non-hydrogen) atoms. The minimum atomic E-state index is 0.589. The fourth-order valence-electron chi connectivity index (χ4n) is 2.20. The van der Waals surface area contributed by atoms with Crippen LogP contribution in [0.25, 0.3) is 0 Å². The first-order chi connectivity index (χ1) is 7.38. The molecule has 0 aromatic heterocycles. The van der Waals surface area contributed by atoms with Crippen LogP contribution in [-0.2, 0) is 4.74 Å². The second-order valence-electron chi connectivity index (χ2n) is 4.39. The highest BCUT2D eigenvalue weighted by molar-refractivity contribution is 4.74. The Morgan fingerprint density at radius 3 is 2.53 bits per heavy atom. The summed E-state index contributed by atoms with van der Waals surface area (Å²) < 4.78 is 5.35. The van der Waals surface area contributed by atoms with E-state index in [4.69, 9.17) is 10.5 Å². The van der Waals surface area contributed by atoms with Gasteiger partial charge in [-0.05, 0) is 6.42 Å². The van der Waals surface area contributed by atoms with E-state index in [2.05, 4.69) is 11.8 Å². The number of rotatable bonds is 7. The maximum atomic E-state index is 5.84. The lowest BCUT2D eigenvalue weighted by atomic mass is 10.1. The van der Waals surface area contributed by atoms with E-state index in [1.54, 1.807) is 0 Å². The Balaban J connectivity index is 2.15. The maximum Gasteiger partial charge on any atom is 0.0594 e. The third kappa shape index (κ3) is 4.96. The maximum absolute atomic E-state index is 5.84. The van der Waals surface area contributed by atoms with E-state index >= 15 is 0 Å². The molecule has 0 aromatic carbocycles. The molecule has 3 nitrogen and oxygen atoms in total. The van der Waals surface area contributed by atoms with Gasteiger partial charge in [0.15, 0.2) is 0 Å². The molecule has 1 heterocycles. The van der Waals surface area contributed by atoms with Crippen LogP contribution in [0.3, 0.4) is 0 Å². The molecule has 0 aromatic rings. The topological polar surface area (TPSA) is 38.5 Å². The van der Waals surface area contributed by atoms with Crippen LogP contribution < -0.4 is 5.73 Å². The van der Waals surface area contributed by atoms with Gasteiger partial charge >= 0.3 is 0 Å². The number of morpholine rings is 1. The predicted octanol–water partition coefficient (Wildman–Crippen LogP) is 1.62. The molecule has 1 fully saturated rings. The third-order valence-electron chi connectivity index (χ3n) is 3.23. The van der Waals surface area contributed by atoms with Gasteiger partial charge < -0.3 is 10.5 Å². The normalized spacial score (nSPS) is 20.4. The van der Waals surface area contributed by atoms with E-state index in [1.807, 2.05) is 0 Å². The van der Waals surface area contributed by atoms with E-state index in [0.29, 0.717) is 6.04 Å². The van der Waals surface area contributed by atoms with Crippen LogP contribution in [-0.4, -0.2) is 43.8 Å². The molecule has 1 rings (SSSR count). The SMILES string of the molecule is CCCCCCC(CN)N1CCOCC1. The average molecular weight is 214 g/mol. The number of unbranched alkanes of at least 4 members (excludes halogenated alkanes) is 3. The molecule has 0 spiro atoms. The van der Waals surface area contributed by atoms with Crippen molar-refractivity contribution in [1.82, 2.24) is 4.90 Å².